The zero-order valence-corrected chi connectivity index (χ0v) is 22.2. The molecule has 32 heavy (non-hydrogen) atoms. The van der Waals surface area contributed by atoms with Gasteiger partial charge in [-0.15, -0.1) is 0 Å². The summed E-state index contributed by atoms with van der Waals surface area (Å²) in [4.78, 5) is 39.6. The van der Waals surface area contributed by atoms with Gasteiger partial charge in [0.25, 0.3) is 0 Å². The van der Waals surface area contributed by atoms with Crippen LogP contribution in [0.25, 0.3) is 0 Å². The second-order valence-corrected chi connectivity index (χ2v) is 13.5. The van der Waals surface area contributed by atoms with Gasteiger partial charge in [-0.25, -0.2) is 0 Å². The number of hydrogen-bond acceptors (Lipinski definition) is 9. The molecule has 0 aliphatic heterocycles. The van der Waals surface area contributed by atoms with Crippen molar-refractivity contribution >= 4 is 15.9 Å². The van der Waals surface area contributed by atoms with E-state index in [1.54, 1.807) is 0 Å². The molecule has 0 atom stereocenters. The summed E-state index contributed by atoms with van der Waals surface area (Å²) in [6.07, 6.45) is 12.8. The first kappa shape index (κ1) is 34.7. The third-order valence-corrected chi connectivity index (χ3v) is 10.0. The predicted molar refractivity (Wildman–Crippen MR) is 134 cm³/mol. The monoisotopic (exact) mass is 510 g/mol. The minimum absolute atomic E-state index is 0.158. The van der Waals surface area contributed by atoms with Crippen LogP contribution in [0, 0.1) is 5.41 Å². The Morgan fingerprint density at radius 1 is 0.500 bits per heavy atom. The summed E-state index contributed by atoms with van der Waals surface area (Å²) in [5.74, 6) is 0. The molecule has 0 aromatic carbocycles. The molecular formula is C21H52O9P2. The number of rotatable bonds is 20. The fraction of sp³-hybridized carbons (Fsp3) is 1.00. The molecule has 8 N–H and O–H groups in total. The van der Waals surface area contributed by atoms with Crippen LogP contribution in [-0.2, 0) is 4.31 Å². The van der Waals surface area contributed by atoms with Gasteiger partial charge in [-0.3, -0.25) is 0 Å². The Bertz CT molecular complexity index is 365. The molecule has 0 rings (SSSR count). The number of unbranched alkanes of at least 4 members (excludes halogenated alkanes) is 10. The fourth-order valence-electron chi connectivity index (χ4n) is 2.94. The van der Waals surface area contributed by atoms with E-state index in [0.29, 0.717) is 12.8 Å². The average Bonchev–Trinajstić information content (AvgIpc) is 2.75. The van der Waals surface area contributed by atoms with Gasteiger partial charge in [-0.2, -0.15) is 0 Å². The molecule has 0 aliphatic carbocycles. The van der Waals surface area contributed by atoms with Gasteiger partial charge < -0.3 is 20.4 Å². The second-order valence-electron chi connectivity index (χ2n) is 8.76. The molecule has 0 aromatic heterocycles. The summed E-state index contributed by atoms with van der Waals surface area (Å²) in [5.41, 5.74) is -1.11. The van der Waals surface area contributed by atoms with E-state index in [0.717, 1.165) is 25.7 Å². The van der Waals surface area contributed by atoms with Crippen LogP contribution in [0.1, 0.15) is 90.9 Å². The molecule has 0 spiro atoms. The Balaban J connectivity index is 0. The van der Waals surface area contributed by atoms with Crippen molar-refractivity contribution in [2.24, 2.45) is 5.41 Å². The molecule has 0 saturated heterocycles. The van der Waals surface area contributed by atoms with Crippen LogP contribution < -0.4 is 0 Å². The van der Waals surface area contributed by atoms with E-state index >= 15 is 0 Å². The third-order valence-electron chi connectivity index (χ3n) is 5.38. The van der Waals surface area contributed by atoms with Gasteiger partial charge in [0.2, 0.25) is 0 Å². The van der Waals surface area contributed by atoms with E-state index in [1.807, 2.05) is 0 Å². The van der Waals surface area contributed by atoms with Crippen LogP contribution in [0.3, 0.4) is 0 Å². The molecule has 0 aliphatic rings. The molecule has 0 aromatic rings. The first-order valence-corrected chi connectivity index (χ1v) is 16.1. The van der Waals surface area contributed by atoms with Crippen molar-refractivity contribution in [3.63, 3.8) is 0 Å². The molecule has 0 saturated carbocycles. The van der Waals surface area contributed by atoms with Gasteiger partial charge in [0, 0.05) is 0 Å². The van der Waals surface area contributed by atoms with E-state index < -0.39 is 47.7 Å². The Labute approximate surface area is 195 Å². The quantitative estimate of drug-likeness (QED) is 0.0905. The third kappa shape index (κ3) is 19.9. The van der Waals surface area contributed by atoms with Gasteiger partial charge in [0.15, 0.2) is 0 Å². The van der Waals surface area contributed by atoms with Gasteiger partial charge in [-0.05, 0) is 0 Å². The van der Waals surface area contributed by atoms with E-state index in [9.17, 15) is 19.6 Å². The van der Waals surface area contributed by atoms with Gasteiger partial charge >= 0.3 is 143 Å². The maximum atomic E-state index is 9.91. The van der Waals surface area contributed by atoms with E-state index in [-0.39, 0.29) is 12.3 Å². The molecule has 11 heteroatoms. The number of hydrogen-bond donors (Lipinski definition) is 8. The Morgan fingerprint density at radius 3 is 1.03 bits per heavy atom. The fourth-order valence-corrected chi connectivity index (χ4v) is 7.27. The smallest absolute Gasteiger partial charge is 0.0627 e. The maximum absolute atomic E-state index is 9.91. The van der Waals surface area contributed by atoms with Gasteiger partial charge in [0.05, 0.1) is 31.8 Å². The number of aliphatic hydroxyl groups excluding tert-OH is 4. The molecule has 0 unspecified atom stereocenters. The van der Waals surface area contributed by atoms with E-state index in [2.05, 4.69) is 13.8 Å². The average molecular weight is 511 g/mol. The molecule has 0 fully saturated rings. The molecule has 0 heterocycles. The summed E-state index contributed by atoms with van der Waals surface area (Å²) in [6, 6.07) is 0. The Morgan fingerprint density at radius 2 is 0.781 bits per heavy atom. The van der Waals surface area contributed by atoms with E-state index in [1.165, 1.54) is 38.5 Å². The van der Waals surface area contributed by atoms with Crippen molar-refractivity contribution < 1.29 is 44.3 Å². The van der Waals surface area contributed by atoms with Crippen LogP contribution in [0.5, 0.6) is 0 Å². The molecular weight excluding hydrogens is 458 g/mol. The van der Waals surface area contributed by atoms with Crippen molar-refractivity contribution in [1.82, 2.24) is 0 Å². The van der Waals surface area contributed by atoms with Crippen LogP contribution in [-0.4, -0.2) is 78.8 Å². The molecule has 0 bridgehead atoms. The summed E-state index contributed by atoms with van der Waals surface area (Å²) in [6.45, 7) is 2.69. The molecule has 0 amide bonds. The van der Waals surface area contributed by atoms with Crippen molar-refractivity contribution in [2.45, 2.75) is 90.9 Å². The summed E-state index contributed by atoms with van der Waals surface area (Å²) >= 11 is 0. The van der Waals surface area contributed by atoms with Crippen LogP contribution in [0.15, 0.2) is 0 Å². The summed E-state index contributed by atoms with van der Waals surface area (Å²) in [5, 5.41) is 34.0. The summed E-state index contributed by atoms with van der Waals surface area (Å²) in [7, 11) is -7.85. The molecule has 9 nitrogen and oxygen atoms in total. The van der Waals surface area contributed by atoms with Crippen LogP contribution in [0.2, 0.25) is 0 Å². The minimum atomic E-state index is -3.93. The number of aliphatic hydroxyl groups is 4. The minimum Gasteiger partial charge on any atom is -0.396 e. The van der Waals surface area contributed by atoms with Crippen molar-refractivity contribution in [3.8, 4) is 0 Å². The Kier molecular flexibility index (Phi) is 22.6. The standard InChI is InChI=1S/C16H40O5P2.C5H12O4/c1-3-5-7-9-11-13-15-22(17,18)21-23(19,20)16-14-12-10-8-6-4-2;6-1-5(2-7,3-8)4-9/h17-20,22-23H,3-16H2,1-2H3;6-9H,1-4H2. The van der Waals surface area contributed by atoms with Crippen molar-refractivity contribution in [3.05, 3.63) is 0 Å². The van der Waals surface area contributed by atoms with Gasteiger partial charge in [-0.1, -0.05) is 0 Å². The second kappa shape index (κ2) is 20.8. The van der Waals surface area contributed by atoms with Crippen LogP contribution >= 0.6 is 15.9 Å². The molecule has 0 radical (unpaired) electrons. The van der Waals surface area contributed by atoms with Crippen molar-refractivity contribution in [2.75, 3.05) is 38.8 Å². The zero-order chi connectivity index (χ0) is 24.9. The largest absolute Gasteiger partial charge is 0.396 e. The zero-order valence-electron chi connectivity index (χ0n) is 20.2. The maximum Gasteiger partial charge on any atom is 0.0627 e. The van der Waals surface area contributed by atoms with Crippen LogP contribution in [0.4, 0.5) is 0 Å². The SMILES string of the molecule is CCCCCCCC[PH](O)(O)O[PH](O)(O)CCCCCCCC.OCC(CO)(CO)CO. The molecule has 200 valence electrons. The van der Waals surface area contributed by atoms with Crippen molar-refractivity contribution in [1.29, 1.82) is 0 Å². The predicted octanol–water partition coefficient (Wildman–Crippen LogP) is 2.63. The summed E-state index contributed by atoms with van der Waals surface area (Å²) < 4.78 is 4.98. The topological polar surface area (TPSA) is 171 Å². The first-order chi connectivity index (χ1) is 15.1. The normalized spacial score (nSPS) is 13.6. The Hall–Kier alpha value is 0.500. The van der Waals surface area contributed by atoms with E-state index in [4.69, 9.17) is 24.7 Å². The first-order valence-electron chi connectivity index (χ1n) is 12.1. The van der Waals surface area contributed by atoms with Gasteiger partial charge in [0.1, 0.15) is 0 Å².